The Labute approximate surface area is 118 Å². The summed E-state index contributed by atoms with van der Waals surface area (Å²) in [6.45, 7) is 0. The van der Waals surface area contributed by atoms with Crippen molar-refractivity contribution < 1.29 is 4.79 Å². The number of benzene rings is 1. The van der Waals surface area contributed by atoms with Crippen molar-refractivity contribution in [2.24, 2.45) is 0 Å². The normalized spacial score (nSPS) is 13.6. The standard InChI is InChI=1S/C13H10ClNOS2/c14-8-3-1-7(2-4-8)11(16)10-9-5-6-17-13(9)18-12(10)15/h1-4H,5-6,15H2. The van der Waals surface area contributed by atoms with Crippen LogP contribution in [0.3, 0.4) is 0 Å². The first-order valence-corrected chi connectivity index (χ1v) is 7.69. The maximum absolute atomic E-state index is 12.5. The number of nitrogen functional groups attached to an aromatic ring is 1. The van der Waals surface area contributed by atoms with E-state index in [9.17, 15) is 4.79 Å². The molecule has 2 N–H and O–H groups in total. The zero-order valence-electron chi connectivity index (χ0n) is 9.40. The Morgan fingerprint density at radius 1 is 1.28 bits per heavy atom. The highest BCUT2D eigenvalue weighted by Crippen LogP contribution is 2.44. The van der Waals surface area contributed by atoms with Crippen LogP contribution in [0.25, 0.3) is 0 Å². The number of fused-ring (bicyclic) bond motifs is 1. The van der Waals surface area contributed by atoms with Crippen LogP contribution in [0.2, 0.25) is 5.02 Å². The third-order valence-corrected chi connectivity index (χ3v) is 5.54. The van der Waals surface area contributed by atoms with Crippen LogP contribution in [0, 0.1) is 0 Å². The second-order valence-electron chi connectivity index (χ2n) is 4.04. The van der Waals surface area contributed by atoms with E-state index in [1.165, 1.54) is 15.5 Å². The van der Waals surface area contributed by atoms with Crippen molar-refractivity contribution in [1.29, 1.82) is 0 Å². The van der Waals surface area contributed by atoms with E-state index >= 15 is 0 Å². The molecule has 0 spiro atoms. The fourth-order valence-electron chi connectivity index (χ4n) is 2.05. The first kappa shape index (κ1) is 12.1. The van der Waals surface area contributed by atoms with Gasteiger partial charge in [-0.3, -0.25) is 4.79 Å². The molecular formula is C13H10ClNOS2. The van der Waals surface area contributed by atoms with E-state index in [-0.39, 0.29) is 5.78 Å². The molecule has 1 aromatic carbocycles. The van der Waals surface area contributed by atoms with Gasteiger partial charge in [0.1, 0.15) is 0 Å². The third-order valence-electron chi connectivity index (χ3n) is 2.92. The maximum atomic E-state index is 12.5. The minimum Gasteiger partial charge on any atom is -0.390 e. The molecule has 0 unspecified atom stereocenters. The number of thioether (sulfide) groups is 1. The molecule has 3 rings (SSSR count). The second-order valence-corrected chi connectivity index (χ2v) is 6.89. The summed E-state index contributed by atoms with van der Waals surface area (Å²) in [5, 5.41) is 1.26. The van der Waals surface area contributed by atoms with Crippen molar-refractivity contribution in [3.05, 3.63) is 46.0 Å². The molecule has 1 aliphatic heterocycles. The Morgan fingerprint density at radius 3 is 2.72 bits per heavy atom. The van der Waals surface area contributed by atoms with E-state index in [0.717, 1.165) is 17.7 Å². The van der Waals surface area contributed by atoms with Crippen molar-refractivity contribution in [2.75, 3.05) is 11.5 Å². The summed E-state index contributed by atoms with van der Waals surface area (Å²) >= 11 is 9.14. The van der Waals surface area contributed by atoms with E-state index < -0.39 is 0 Å². The molecular weight excluding hydrogens is 286 g/mol. The minimum absolute atomic E-state index is 0.00386. The van der Waals surface area contributed by atoms with Gasteiger partial charge in [0.05, 0.1) is 14.8 Å². The van der Waals surface area contributed by atoms with E-state index in [4.69, 9.17) is 17.3 Å². The average Bonchev–Trinajstić information content (AvgIpc) is 2.89. The van der Waals surface area contributed by atoms with Gasteiger partial charge in [0, 0.05) is 16.3 Å². The summed E-state index contributed by atoms with van der Waals surface area (Å²) < 4.78 is 1.20. The van der Waals surface area contributed by atoms with Gasteiger partial charge in [0.25, 0.3) is 0 Å². The van der Waals surface area contributed by atoms with Crippen LogP contribution in [0.1, 0.15) is 21.5 Å². The number of anilines is 1. The lowest BCUT2D eigenvalue weighted by atomic mass is 10.0. The number of hydrogen-bond acceptors (Lipinski definition) is 4. The van der Waals surface area contributed by atoms with E-state index in [2.05, 4.69) is 0 Å². The summed E-state index contributed by atoms with van der Waals surface area (Å²) in [7, 11) is 0. The summed E-state index contributed by atoms with van der Waals surface area (Å²) in [6, 6.07) is 6.95. The molecule has 0 bridgehead atoms. The smallest absolute Gasteiger partial charge is 0.196 e. The van der Waals surface area contributed by atoms with Gasteiger partial charge in [-0.15, -0.1) is 23.1 Å². The molecule has 0 atom stereocenters. The number of rotatable bonds is 2. The first-order valence-electron chi connectivity index (χ1n) is 5.51. The molecule has 1 aliphatic rings. The van der Waals surface area contributed by atoms with Crippen LogP contribution in [0.4, 0.5) is 5.00 Å². The van der Waals surface area contributed by atoms with Crippen molar-refractivity contribution in [3.63, 3.8) is 0 Å². The number of ketones is 1. The van der Waals surface area contributed by atoms with Gasteiger partial charge in [-0.2, -0.15) is 0 Å². The third kappa shape index (κ3) is 1.94. The monoisotopic (exact) mass is 295 g/mol. The molecule has 0 aliphatic carbocycles. The van der Waals surface area contributed by atoms with Gasteiger partial charge in [0.15, 0.2) is 5.78 Å². The van der Waals surface area contributed by atoms with Gasteiger partial charge < -0.3 is 5.73 Å². The number of hydrogen-bond donors (Lipinski definition) is 1. The van der Waals surface area contributed by atoms with Gasteiger partial charge in [-0.25, -0.2) is 0 Å². The number of thiophene rings is 1. The van der Waals surface area contributed by atoms with E-state index in [0.29, 0.717) is 21.2 Å². The fourth-order valence-corrected chi connectivity index (χ4v) is 4.64. The fraction of sp³-hybridized carbons (Fsp3) is 0.154. The lowest BCUT2D eigenvalue weighted by Gasteiger charge is -2.03. The molecule has 0 saturated heterocycles. The molecule has 0 fully saturated rings. The Kier molecular flexibility index (Phi) is 3.09. The summed E-state index contributed by atoms with van der Waals surface area (Å²) in [5.74, 6) is 1.05. The van der Waals surface area contributed by atoms with Crippen LogP contribution in [-0.2, 0) is 6.42 Å². The zero-order chi connectivity index (χ0) is 12.7. The molecule has 0 saturated carbocycles. The predicted molar refractivity (Wildman–Crippen MR) is 78.0 cm³/mol. The highest BCUT2D eigenvalue weighted by Gasteiger charge is 2.26. The van der Waals surface area contributed by atoms with Gasteiger partial charge in [0.2, 0.25) is 0 Å². The molecule has 2 nitrogen and oxygen atoms in total. The molecule has 18 heavy (non-hydrogen) atoms. The molecule has 0 radical (unpaired) electrons. The number of carbonyl (C=O) groups excluding carboxylic acids is 1. The largest absolute Gasteiger partial charge is 0.390 e. The van der Waals surface area contributed by atoms with Crippen molar-refractivity contribution in [3.8, 4) is 0 Å². The van der Waals surface area contributed by atoms with Gasteiger partial charge >= 0.3 is 0 Å². The van der Waals surface area contributed by atoms with Crippen molar-refractivity contribution >= 4 is 45.5 Å². The van der Waals surface area contributed by atoms with Crippen LogP contribution in [0.15, 0.2) is 28.5 Å². The Bertz CT molecular complexity index is 619. The van der Waals surface area contributed by atoms with E-state index in [1.807, 2.05) is 0 Å². The van der Waals surface area contributed by atoms with Crippen LogP contribution in [-0.4, -0.2) is 11.5 Å². The molecule has 1 aromatic heterocycles. The van der Waals surface area contributed by atoms with Crippen molar-refractivity contribution in [1.82, 2.24) is 0 Å². The van der Waals surface area contributed by atoms with Crippen LogP contribution in [0.5, 0.6) is 0 Å². The summed E-state index contributed by atoms with van der Waals surface area (Å²) in [4.78, 5) is 12.5. The van der Waals surface area contributed by atoms with Crippen LogP contribution >= 0.6 is 34.7 Å². The summed E-state index contributed by atoms with van der Waals surface area (Å²) in [6.07, 6.45) is 0.933. The van der Waals surface area contributed by atoms with Crippen LogP contribution < -0.4 is 5.73 Å². The molecule has 2 aromatic rings. The quantitative estimate of drug-likeness (QED) is 0.856. The first-order chi connectivity index (χ1) is 8.66. The number of nitrogens with two attached hydrogens (primary N) is 1. The van der Waals surface area contributed by atoms with Gasteiger partial charge in [-0.1, -0.05) is 11.6 Å². The highest BCUT2D eigenvalue weighted by molar-refractivity contribution is 8.01. The van der Waals surface area contributed by atoms with E-state index in [1.54, 1.807) is 36.0 Å². The van der Waals surface area contributed by atoms with Crippen molar-refractivity contribution in [2.45, 2.75) is 10.6 Å². The predicted octanol–water partition coefficient (Wildman–Crippen LogP) is 3.86. The zero-order valence-corrected chi connectivity index (χ0v) is 11.8. The molecule has 0 amide bonds. The molecule has 5 heteroatoms. The number of carbonyl (C=O) groups is 1. The van der Waals surface area contributed by atoms with Gasteiger partial charge in [-0.05, 0) is 36.2 Å². The Morgan fingerprint density at radius 2 is 2.00 bits per heavy atom. The molecule has 2 heterocycles. The number of halogens is 1. The highest BCUT2D eigenvalue weighted by atomic mass is 35.5. The average molecular weight is 296 g/mol. The Hall–Kier alpha value is -0.970. The maximum Gasteiger partial charge on any atom is 0.196 e. The molecule has 92 valence electrons. The topological polar surface area (TPSA) is 43.1 Å². The Balaban J connectivity index is 2.05. The SMILES string of the molecule is Nc1sc2c(c1C(=O)c1ccc(Cl)cc1)CCS2. The minimum atomic E-state index is 0.00386. The summed E-state index contributed by atoms with van der Waals surface area (Å²) in [5.41, 5.74) is 8.44. The second kappa shape index (κ2) is 4.61. The lowest BCUT2D eigenvalue weighted by Crippen LogP contribution is -2.05. The lowest BCUT2D eigenvalue weighted by molar-refractivity contribution is 0.103.